The second-order valence-corrected chi connectivity index (χ2v) is 5.02. The zero-order chi connectivity index (χ0) is 12.9. The highest BCUT2D eigenvalue weighted by Crippen LogP contribution is 2.12. The van der Waals surface area contributed by atoms with Gasteiger partial charge in [0.2, 0.25) is 11.0 Å². The molecule has 0 aliphatic rings. The molecule has 1 heterocycles. The van der Waals surface area contributed by atoms with Crippen molar-refractivity contribution in [2.75, 3.05) is 20.6 Å². The van der Waals surface area contributed by atoms with Gasteiger partial charge in [-0.05, 0) is 19.2 Å². The summed E-state index contributed by atoms with van der Waals surface area (Å²) in [5.41, 5.74) is 0. The average molecular weight is 261 g/mol. The molecule has 0 saturated carbocycles. The Morgan fingerprint density at radius 2 is 2.06 bits per heavy atom. The molecule has 1 aromatic heterocycles. The maximum Gasteiger partial charge on any atom is 0.273 e. The van der Waals surface area contributed by atoms with Crippen molar-refractivity contribution in [3.05, 3.63) is 17.9 Å². The molecule has 0 aromatic carbocycles. The van der Waals surface area contributed by atoms with Crippen molar-refractivity contribution in [3.8, 4) is 0 Å². The van der Waals surface area contributed by atoms with Crippen molar-refractivity contribution in [3.63, 3.8) is 0 Å². The molecule has 0 radical (unpaired) electrons. The molecule has 0 unspecified atom stereocenters. The van der Waals surface area contributed by atoms with Crippen LogP contribution in [0.1, 0.15) is 5.76 Å². The van der Waals surface area contributed by atoms with Crippen LogP contribution in [0, 0.1) is 0 Å². The number of rotatable bonds is 6. The van der Waals surface area contributed by atoms with Gasteiger partial charge in [0, 0.05) is 7.05 Å². The lowest BCUT2D eigenvalue weighted by atomic mass is 10.4. The van der Waals surface area contributed by atoms with Crippen LogP contribution in [0.2, 0.25) is 0 Å². The van der Waals surface area contributed by atoms with E-state index in [9.17, 15) is 13.2 Å². The molecule has 1 rings (SSSR count). The van der Waals surface area contributed by atoms with E-state index < -0.39 is 10.0 Å². The molecule has 0 fully saturated rings. The van der Waals surface area contributed by atoms with E-state index in [2.05, 4.69) is 15.4 Å². The molecule has 0 spiro atoms. The molecule has 1 aromatic rings. The molecule has 1 amide bonds. The maximum atomic E-state index is 11.4. The maximum absolute atomic E-state index is 11.4. The van der Waals surface area contributed by atoms with Crippen molar-refractivity contribution in [2.24, 2.45) is 0 Å². The standard InChI is InChI=1S/C9H15N3O4S/c1-10-8(13)6-12-5-7-3-4-9(16-7)17(14,15)11-2/h3-4,11-12H,5-6H2,1-2H3,(H,10,13). The number of carbonyl (C=O) groups is 1. The average Bonchev–Trinajstić information content (AvgIpc) is 2.78. The second kappa shape index (κ2) is 5.80. The minimum Gasteiger partial charge on any atom is -0.447 e. The zero-order valence-corrected chi connectivity index (χ0v) is 10.4. The van der Waals surface area contributed by atoms with Gasteiger partial charge < -0.3 is 15.1 Å². The summed E-state index contributed by atoms with van der Waals surface area (Å²) in [7, 11) is -0.704. The summed E-state index contributed by atoms with van der Waals surface area (Å²) in [5.74, 6) is 0.294. The third-order valence-corrected chi connectivity index (χ3v) is 3.32. The molecule has 7 nitrogen and oxygen atoms in total. The minimum atomic E-state index is -3.55. The quantitative estimate of drug-likeness (QED) is 0.611. The SMILES string of the molecule is CNC(=O)CNCc1ccc(S(=O)(=O)NC)o1. The highest BCUT2D eigenvalue weighted by Gasteiger charge is 2.16. The van der Waals surface area contributed by atoms with Crippen LogP contribution < -0.4 is 15.4 Å². The number of likely N-dealkylation sites (N-methyl/N-ethyl adjacent to an activating group) is 1. The van der Waals surface area contributed by atoms with Gasteiger partial charge in [0.15, 0.2) is 0 Å². The van der Waals surface area contributed by atoms with E-state index in [1.807, 2.05) is 0 Å². The van der Waals surface area contributed by atoms with Gasteiger partial charge in [-0.2, -0.15) is 0 Å². The monoisotopic (exact) mass is 261 g/mol. The lowest BCUT2D eigenvalue weighted by molar-refractivity contribution is -0.119. The van der Waals surface area contributed by atoms with Crippen molar-refractivity contribution in [1.29, 1.82) is 0 Å². The number of sulfonamides is 1. The van der Waals surface area contributed by atoms with Crippen LogP contribution in [0.15, 0.2) is 21.6 Å². The number of hydrogen-bond acceptors (Lipinski definition) is 5. The van der Waals surface area contributed by atoms with Crippen LogP contribution in [0.3, 0.4) is 0 Å². The number of amides is 1. The highest BCUT2D eigenvalue weighted by molar-refractivity contribution is 7.89. The van der Waals surface area contributed by atoms with Crippen LogP contribution in [-0.2, 0) is 21.4 Å². The first-order valence-electron chi connectivity index (χ1n) is 4.93. The molecule has 8 heteroatoms. The van der Waals surface area contributed by atoms with Gasteiger partial charge in [-0.3, -0.25) is 4.79 Å². The third kappa shape index (κ3) is 3.84. The molecule has 0 aliphatic heterocycles. The Kier molecular flexibility index (Phi) is 4.67. The largest absolute Gasteiger partial charge is 0.447 e. The molecule has 0 atom stereocenters. The van der Waals surface area contributed by atoms with Gasteiger partial charge in [0.1, 0.15) is 5.76 Å². The Hall–Kier alpha value is -1.38. The lowest BCUT2D eigenvalue weighted by Crippen LogP contribution is -2.30. The first-order chi connectivity index (χ1) is 7.99. The zero-order valence-electron chi connectivity index (χ0n) is 9.61. The minimum absolute atomic E-state index is 0.142. The van der Waals surface area contributed by atoms with E-state index in [1.165, 1.54) is 20.2 Å². The second-order valence-electron chi connectivity index (χ2n) is 3.21. The van der Waals surface area contributed by atoms with Gasteiger partial charge in [0.05, 0.1) is 13.1 Å². The Bertz CT molecular complexity index is 480. The molecular weight excluding hydrogens is 246 g/mol. The summed E-state index contributed by atoms with van der Waals surface area (Å²) in [6.45, 7) is 0.429. The van der Waals surface area contributed by atoms with E-state index in [0.29, 0.717) is 5.76 Å². The van der Waals surface area contributed by atoms with Gasteiger partial charge in [-0.1, -0.05) is 0 Å². The highest BCUT2D eigenvalue weighted by atomic mass is 32.2. The van der Waals surface area contributed by atoms with Crippen molar-refractivity contribution in [2.45, 2.75) is 11.6 Å². The van der Waals surface area contributed by atoms with Crippen LogP contribution in [0.5, 0.6) is 0 Å². The van der Waals surface area contributed by atoms with Gasteiger partial charge in [-0.25, -0.2) is 13.1 Å². The molecular formula is C9H15N3O4S. The topological polar surface area (TPSA) is 100 Å². The van der Waals surface area contributed by atoms with Crippen molar-refractivity contribution in [1.82, 2.24) is 15.4 Å². The van der Waals surface area contributed by atoms with Crippen molar-refractivity contribution < 1.29 is 17.6 Å². The smallest absolute Gasteiger partial charge is 0.273 e. The summed E-state index contributed by atoms with van der Waals surface area (Å²) in [6, 6.07) is 2.91. The van der Waals surface area contributed by atoms with Crippen LogP contribution in [-0.4, -0.2) is 35.0 Å². The van der Waals surface area contributed by atoms with E-state index in [1.54, 1.807) is 6.07 Å². The first-order valence-corrected chi connectivity index (χ1v) is 6.41. The molecule has 3 N–H and O–H groups in total. The Morgan fingerprint density at radius 1 is 1.35 bits per heavy atom. The number of hydrogen-bond donors (Lipinski definition) is 3. The number of carbonyl (C=O) groups excluding carboxylic acids is 1. The Balaban J connectivity index is 2.55. The molecule has 96 valence electrons. The van der Waals surface area contributed by atoms with Crippen LogP contribution in [0.25, 0.3) is 0 Å². The van der Waals surface area contributed by atoms with E-state index >= 15 is 0 Å². The van der Waals surface area contributed by atoms with E-state index in [4.69, 9.17) is 4.42 Å². The summed E-state index contributed by atoms with van der Waals surface area (Å²) in [6.07, 6.45) is 0. The summed E-state index contributed by atoms with van der Waals surface area (Å²) in [4.78, 5) is 10.9. The molecule has 17 heavy (non-hydrogen) atoms. The number of furan rings is 1. The predicted molar refractivity (Wildman–Crippen MR) is 60.7 cm³/mol. The fourth-order valence-corrected chi connectivity index (χ4v) is 1.75. The van der Waals surface area contributed by atoms with Gasteiger partial charge in [0.25, 0.3) is 10.0 Å². The molecule has 0 bridgehead atoms. The van der Waals surface area contributed by atoms with E-state index in [-0.39, 0.29) is 24.1 Å². The predicted octanol–water partition coefficient (Wildman–Crippen LogP) is -0.977. The Morgan fingerprint density at radius 3 is 2.65 bits per heavy atom. The summed E-state index contributed by atoms with van der Waals surface area (Å²) in [5, 5.41) is 5.12. The van der Waals surface area contributed by atoms with Crippen molar-refractivity contribution >= 4 is 15.9 Å². The molecule has 0 saturated heterocycles. The number of nitrogens with one attached hydrogen (secondary N) is 3. The fourth-order valence-electron chi connectivity index (χ4n) is 1.09. The lowest BCUT2D eigenvalue weighted by Gasteiger charge is -2.01. The van der Waals surface area contributed by atoms with Crippen LogP contribution >= 0.6 is 0 Å². The normalized spacial score (nSPS) is 11.4. The van der Waals surface area contributed by atoms with Gasteiger partial charge >= 0.3 is 0 Å². The molecule has 0 aliphatic carbocycles. The Labute approximate surface area is 99.6 Å². The fraction of sp³-hybridized carbons (Fsp3) is 0.444. The van der Waals surface area contributed by atoms with Gasteiger partial charge in [-0.15, -0.1) is 0 Å². The van der Waals surface area contributed by atoms with E-state index in [0.717, 1.165) is 0 Å². The van der Waals surface area contributed by atoms with Crippen LogP contribution in [0.4, 0.5) is 0 Å². The summed E-state index contributed by atoms with van der Waals surface area (Å²) >= 11 is 0. The summed E-state index contributed by atoms with van der Waals surface area (Å²) < 4.78 is 30.0. The first kappa shape index (κ1) is 13.7. The third-order valence-electron chi connectivity index (χ3n) is 2.03.